The first-order valence-electron chi connectivity index (χ1n) is 10.0. The summed E-state index contributed by atoms with van der Waals surface area (Å²) in [6.45, 7) is -0.215. The fourth-order valence-electron chi connectivity index (χ4n) is 3.80. The molecule has 1 aliphatic carbocycles. The van der Waals surface area contributed by atoms with Crippen LogP contribution < -0.4 is 11.1 Å². The van der Waals surface area contributed by atoms with Crippen molar-refractivity contribution in [3.63, 3.8) is 0 Å². The van der Waals surface area contributed by atoms with E-state index in [9.17, 15) is 13.6 Å². The average Bonchev–Trinajstić information content (AvgIpc) is 3.31. The van der Waals surface area contributed by atoms with Crippen molar-refractivity contribution in [1.82, 2.24) is 14.9 Å². The van der Waals surface area contributed by atoms with E-state index < -0.39 is 12.5 Å². The van der Waals surface area contributed by atoms with Crippen LogP contribution >= 0.6 is 24.0 Å². The van der Waals surface area contributed by atoms with E-state index in [0.717, 1.165) is 32.6 Å². The summed E-state index contributed by atoms with van der Waals surface area (Å²) >= 11 is 6.18. The Bertz CT molecular complexity index is 1100. The van der Waals surface area contributed by atoms with Crippen LogP contribution in [0.2, 0.25) is 0 Å². The normalized spacial score (nSPS) is 17.1. The van der Waals surface area contributed by atoms with Crippen molar-refractivity contribution in [3.05, 3.63) is 35.0 Å². The predicted molar refractivity (Wildman–Crippen MR) is 123 cm³/mol. The maximum Gasteiger partial charge on any atom is 0.267 e. The first-order chi connectivity index (χ1) is 14.9. The number of hydrogen-bond donors (Lipinski definition) is 3. The molecule has 0 atom stereocenters. The molecule has 0 radical (unpaired) electrons. The standard InChI is InChI=1S/C16H16N4S2.C5H7F2NO/c17-11-6-5-9(7-12(11)21)20-15-14-10-3-1-2-4-13(10)22-16(14)19-8-18-15;6-5(7)1-2-8(3-5)4-9/h5-8,21H,1-4,17H2,(H,18,19,20);4H,1-3H2. The third-order valence-electron chi connectivity index (χ3n) is 5.39. The number of fused-ring (bicyclic) bond motifs is 3. The number of halogens is 2. The summed E-state index contributed by atoms with van der Waals surface area (Å²) in [7, 11) is 0. The van der Waals surface area contributed by atoms with Crippen LogP contribution in [0.3, 0.4) is 0 Å². The molecule has 3 aromatic rings. The van der Waals surface area contributed by atoms with E-state index in [1.165, 1.54) is 35.1 Å². The molecule has 1 aromatic carbocycles. The minimum atomic E-state index is -2.64. The molecule has 164 valence electrons. The van der Waals surface area contributed by atoms with Crippen LogP contribution in [0, 0.1) is 0 Å². The number of hydrogen-bond acceptors (Lipinski definition) is 7. The van der Waals surface area contributed by atoms with E-state index in [1.54, 1.807) is 17.7 Å². The lowest BCUT2D eigenvalue weighted by Crippen LogP contribution is -2.23. The number of thiophene rings is 1. The summed E-state index contributed by atoms with van der Waals surface area (Å²) in [5.74, 6) is -1.76. The highest BCUT2D eigenvalue weighted by molar-refractivity contribution is 7.80. The maximum atomic E-state index is 12.2. The smallest absolute Gasteiger partial charge is 0.267 e. The van der Waals surface area contributed by atoms with Gasteiger partial charge in [0.1, 0.15) is 17.0 Å². The van der Waals surface area contributed by atoms with Crippen LogP contribution in [-0.4, -0.2) is 40.3 Å². The van der Waals surface area contributed by atoms with Gasteiger partial charge in [-0.2, -0.15) is 0 Å². The van der Waals surface area contributed by atoms with E-state index in [0.29, 0.717) is 12.1 Å². The van der Waals surface area contributed by atoms with E-state index in [4.69, 9.17) is 5.73 Å². The number of carbonyl (C=O) groups is 1. The molecule has 2 aliphatic rings. The molecule has 1 aliphatic heterocycles. The molecule has 0 spiro atoms. The number of benzene rings is 1. The van der Waals surface area contributed by atoms with Gasteiger partial charge in [-0.3, -0.25) is 4.79 Å². The molecule has 3 N–H and O–H groups in total. The van der Waals surface area contributed by atoms with Gasteiger partial charge in [-0.25, -0.2) is 18.7 Å². The summed E-state index contributed by atoms with van der Waals surface area (Å²) in [5.41, 5.74) is 8.86. The third kappa shape index (κ3) is 4.90. The minimum Gasteiger partial charge on any atom is -0.398 e. The number of aryl methyl sites for hydroxylation is 2. The summed E-state index contributed by atoms with van der Waals surface area (Å²) in [6.07, 6.45) is 6.71. The fraction of sp³-hybridized carbons (Fsp3) is 0.381. The number of rotatable bonds is 3. The Balaban J connectivity index is 0.000000217. The number of nitrogens with two attached hydrogens (primary N) is 1. The third-order valence-corrected chi connectivity index (χ3v) is 6.98. The van der Waals surface area contributed by atoms with Gasteiger partial charge < -0.3 is 16.0 Å². The highest BCUT2D eigenvalue weighted by Gasteiger charge is 2.37. The van der Waals surface area contributed by atoms with Crippen molar-refractivity contribution >= 4 is 57.8 Å². The van der Waals surface area contributed by atoms with E-state index in [1.807, 2.05) is 18.2 Å². The molecule has 10 heteroatoms. The number of nitrogen functional groups attached to an aromatic ring is 1. The number of nitrogens with zero attached hydrogens (tertiary/aromatic N) is 3. The lowest BCUT2D eigenvalue weighted by atomic mass is 9.97. The Labute approximate surface area is 188 Å². The first-order valence-corrected chi connectivity index (χ1v) is 11.3. The van der Waals surface area contributed by atoms with Gasteiger partial charge in [0.15, 0.2) is 0 Å². The number of amides is 1. The van der Waals surface area contributed by atoms with Gasteiger partial charge in [-0.05, 0) is 49.4 Å². The van der Waals surface area contributed by atoms with Crippen molar-refractivity contribution in [2.24, 2.45) is 0 Å². The van der Waals surface area contributed by atoms with Gasteiger partial charge in [0, 0.05) is 34.1 Å². The van der Waals surface area contributed by atoms with Gasteiger partial charge in [-0.15, -0.1) is 24.0 Å². The number of carbonyl (C=O) groups excluding carboxylic acids is 1. The number of likely N-dealkylation sites (tertiary alicyclic amines) is 1. The second kappa shape index (κ2) is 8.96. The van der Waals surface area contributed by atoms with Crippen LogP contribution in [0.25, 0.3) is 10.2 Å². The van der Waals surface area contributed by atoms with Gasteiger partial charge in [0.2, 0.25) is 6.41 Å². The van der Waals surface area contributed by atoms with Crippen molar-refractivity contribution in [2.75, 3.05) is 24.1 Å². The van der Waals surface area contributed by atoms with Gasteiger partial charge in [0.25, 0.3) is 5.92 Å². The second-order valence-electron chi connectivity index (χ2n) is 7.69. The van der Waals surface area contributed by atoms with Crippen LogP contribution in [0.15, 0.2) is 29.4 Å². The quantitative estimate of drug-likeness (QED) is 0.299. The first kappa shape index (κ1) is 21.8. The number of thiol groups is 1. The minimum absolute atomic E-state index is 0.189. The van der Waals surface area contributed by atoms with Crippen LogP contribution in [0.1, 0.15) is 29.7 Å². The predicted octanol–water partition coefficient (Wildman–Crippen LogP) is 4.67. The summed E-state index contributed by atoms with van der Waals surface area (Å²) in [4.78, 5) is 23.2. The molecule has 3 heterocycles. The number of aromatic nitrogens is 2. The molecule has 0 unspecified atom stereocenters. The second-order valence-corrected chi connectivity index (χ2v) is 9.26. The Kier molecular flexibility index (Phi) is 6.29. The van der Waals surface area contributed by atoms with Crippen LogP contribution in [-0.2, 0) is 17.6 Å². The van der Waals surface area contributed by atoms with Crippen molar-refractivity contribution in [2.45, 2.75) is 42.9 Å². The summed E-state index contributed by atoms with van der Waals surface area (Å²) in [6, 6.07) is 5.72. The largest absolute Gasteiger partial charge is 0.398 e. The molecule has 31 heavy (non-hydrogen) atoms. The molecule has 2 aromatic heterocycles. The topological polar surface area (TPSA) is 84.1 Å². The molecule has 1 saturated heterocycles. The van der Waals surface area contributed by atoms with Gasteiger partial charge >= 0.3 is 0 Å². The molecule has 6 nitrogen and oxygen atoms in total. The van der Waals surface area contributed by atoms with Crippen molar-refractivity contribution in [1.29, 1.82) is 0 Å². The van der Waals surface area contributed by atoms with Gasteiger partial charge in [0.05, 0.1) is 11.9 Å². The summed E-state index contributed by atoms with van der Waals surface area (Å²) in [5, 5.41) is 4.58. The Morgan fingerprint density at radius 1 is 1.26 bits per heavy atom. The highest BCUT2D eigenvalue weighted by atomic mass is 32.1. The SMILES string of the molecule is Nc1ccc(Nc2ncnc3sc4c(c23)CCCC4)cc1S.O=CN1CCC(F)(F)C1. The number of nitrogens with one attached hydrogen (secondary N) is 1. The molecule has 5 rings (SSSR count). The number of alkyl halides is 2. The molecule has 1 amide bonds. The highest BCUT2D eigenvalue weighted by Crippen LogP contribution is 2.39. The lowest BCUT2D eigenvalue weighted by Gasteiger charge is -2.13. The van der Waals surface area contributed by atoms with Crippen LogP contribution in [0.4, 0.5) is 26.0 Å². The lowest BCUT2D eigenvalue weighted by molar-refractivity contribution is -0.118. The monoisotopic (exact) mass is 463 g/mol. The van der Waals surface area contributed by atoms with E-state index >= 15 is 0 Å². The molecule has 0 bridgehead atoms. The van der Waals surface area contributed by atoms with E-state index in [2.05, 4.69) is 27.9 Å². The average molecular weight is 464 g/mol. The van der Waals surface area contributed by atoms with Crippen LogP contribution in [0.5, 0.6) is 0 Å². The molecule has 1 fully saturated rings. The Morgan fingerprint density at radius 3 is 2.74 bits per heavy atom. The zero-order valence-electron chi connectivity index (χ0n) is 16.8. The molecular formula is C21H23F2N5OS2. The van der Waals surface area contributed by atoms with Gasteiger partial charge in [-0.1, -0.05) is 0 Å². The maximum absolute atomic E-state index is 12.2. The Morgan fingerprint density at radius 2 is 2.06 bits per heavy atom. The van der Waals surface area contributed by atoms with E-state index in [-0.39, 0.29) is 13.0 Å². The fourth-order valence-corrected chi connectivity index (χ4v) is 5.24. The molecular weight excluding hydrogens is 440 g/mol. The van der Waals surface area contributed by atoms with Crippen molar-refractivity contribution < 1.29 is 13.6 Å². The van der Waals surface area contributed by atoms with Crippen molar-refractivity contribution in [3.8, 4) is 0 Å². The Hall–Kier alpha value is -2.46. The summed E-state index contributed by atoms with van der Waals surface area (Å²) < 4.78 is 24.4. The zero-order chi connectivity index (χ0) is 22.0. The molecule has 0 saturated carbocycles. The number of anilines is 3. The zero-order valence-corrected chi connectivity index (χ0v) is 18.5.